The summed E-state index contributed by atoms with van der Waals surface area (Å²) in [5, 5.41) is 3.65. The Hall–Kier alpha value is -0.800. The van der Waals surface area contributed by atoms with E-state index in [9.17, 15) is 9.18 Å². The molecule has 178 valence electrons. The topological polar surface area (TPSA) is 66.1 Å². The Kier molecular flexibility index (Phi) is 7.53. The number of carbonyl (C=O) groups is 1. The zero-order valence-corrected chi connectivity index (χ0v) is 19.6. The molecule has 1 amide bonds. The zero-order chi connectivity index (χ0) is 22.1. The Morgan fingerprint density at radius 3 is 2.35 bits per heavy atom. The van der Waals surface area contributed by atoms with Gasteiger partial charge in [-0.1, -0.05) is 13.8 Å². The number of hydrogen-bond donors (Lipinski definition) is 2. The Balaban J connectivity index is 1.29. The molecule has 3 aliphatic heterocycles. The fraction of sp³-hybridized carbons (Fsp3) is 0.957. The second-order valence-electron chi connectivity index (χ2n) is 10.5. The van der Waals surface area contributed by atoms with Crippen molar-refractivity contribution in [1.82, 2.24) is 20.6 Å². The molecule has 8 heteroatoms. The Labute approximate surface area is 186 Å². The summed E-state index contributed by atoms with van der Waals surface area (Å²) >= 11 is 0. The predicted molar refractivity (Wildman–Crippen MR) is 117 cm³/mol. The highest BCUT2D eigenvalue weighted by Crippen LogP contribution is 2.35. The molecule has 4 aliphatic rings. The average molecular weight is 441 g/mol. The highest BCUT2D eigenvalue weighted by atomic mass is 19.1. The Morgan fingerprint density at radius 2 is 1.71 bits per heavy atom. The SMILES string of the molecule is CC1CN(C2CC(C3NC(C4CCN(C(=O)C(C)C)CC4)NO3)CCC2F)CC(C)O1. The maximum Gasteiger partial charge on any atom is 0.225 e. The molecule has 4 fully saturated rings. The maximum absolute atomic E-state index is 14.9. The maximum atomic E-state index is 14.9. The molecule has 0 aromatic heterocycles. The van der Waals surface area contributed by atoms with E-state index in [4.69, 9.17) is 9.57 Å². The number of carbonyl (C=O) groups excluding carboxylic acids is 1. The van der Waals surface area contributed by atoms with E-state index in [1.165, 1.54) is 0 Å². The van der Waals surface area contributed by atoms with Crippen LogP contribution < -0.4 is 10.8 Å². The van der Waals surface area contributed by atoms with Crippen LogP contribution in [0.5, 0.6) is 0 Å². The van der Waals surface area contributed by atoms with Crippen molar-refractivity contribution in [3.05, 3.63) is 0 Å². The van der Waals surface area contributed by atoms with Gasteiger partial charge in [-0.3, -0.25) is 19.8 Å². The monoisotopic (exact) mass is 440 g/mol. The Bertz CT molecular complexity index is 606. The Morgan fingerprint density at radius 1 is 1.03 bits per heavy atom. The van der Waals surface area contributed by atoms with Gasteiger partial charge in [0.2, 0.25) is 5.91 Å². The predicted octanol–water partition coefficient (Wildman–Crippen LogP) is 2.27. The lowest BCUT2D eigenvalue weighted by Crippen LogP contribution is -2.56. The molecule has 7 atom stereocenters. The van der Waals surface area contributed by atoms with Crippen LogP contribution in [-0.4, -0.2) is 78.7 Å². The van der Waals surface area contributed by atoms with E-state index in [-0.39, 0.29) is 42.5 Å². The number of halogens is 1. The molecule has 3 saturated heterocycles. The summed E-state index contributed by atoms with van der Waals surface area (Å²) < 4.78 is 20.7. The molecular formula is C23H41FN4O3. The third-order valence-corrected chi connectivity index (χ3v) is 7.60. The van der Waals surface area contributed by atoms with Crippen LogP contribution in [0.4, 0.5) is 4.39 Å². The standard InChI is InChI=1S/C23H41FN4O3/c1-14(2)23(29)27-9-7-17(8-10-27)21-25-22(31-26-21)18-5-6-19(24)20(11-18)28-12-15(3)30-16(4)13-28/h14-22,25-26H,5-13H2,1-4H3. The number of likely N-dealkylation sites (tertiary alicyclic amines) is 1. The summed E-state index contributed by atoms with van der Waals surface area (Å²) in [4.78, 5) is 22.5. The van der Waals surface area contributed by atoms with Crippen LogP contribution in [0.15, 0.2) is 0 Å². The lowest BCUT2D eigenvalue weighted by Gasteiger charge is -2.45. The first-order chi connectivity index (χ1) is 14.8. The van der Waals surface area contributed by atoms with Crippen LogP contribution in [0.1, 0.15) is 59.8 Å². The molecule has 2 N–H and O–H groups in total. The quantitative estimate of drug-likeness (QED) is 0.699. The van der Waals surface area contributed by atoms with Gasteiger partial charge in [0.05, 0.1) is 18.4 Å². The van der Waals surface area contributed by atoms with E-state index in [2.05, 4.69) is 29.5 Å². The summed E-state index contributed by atoms with van der Waals surface area (Å²) in [5.41, 5.74) is 3.22. The minimum Gasteiger partial charge on any atom is -0.373 e. The molecule has 1 saturated carbocycles. The molecule has 0 aromatic rings. The molecule has 7 nitrogen and oxygen atoms in total. The number of nitrogens with zero attached hydrogens (tertiary/aromatic N) is 2. The first kappa shape index (κ1) is 23.4. The zero-order valence-electron chi connectivity index (χ0n) is 19.6. The van der Waals surface area contributed by atoms with Crippen molar-refractivity contribution in [3.8, 4) is 0 Å². The van der Waals surface area contributed by atoms with Crippen LogP contribution in [0, 0.1) is 17.8 Å². The third-order valence-electron chi connectivity index (χ3n) is 7.60. The second kappa shape index (κ2) is 10.00. The molecule has 0 spiro atoms. The molecule has 1 aliphatic carbocycles. The van der Waals surface area contributed by atoms with Gasteiger partial charge in [0, 0.05) is 44.1 Å². The molecule has 31 heavy (non-hydrogen) atoms. The summed E-state index contributed by atoms with van der Waals surface area (Å²) in [6.07, 6.45) is 3.75. The van der Waals surface area contributed by atoms with Gasteiger partial charge in [0.15, 0.2) is 0 Å². The van der Waals surface area contributed by atoms with Gasteiger partial charge in [0.25, 0.3) is 0 Å². The third kappa shape index (κ3) is 5.41. The summed E-state index contributed by atoms with van der Waals surface area (Å²) in [5.74, 6) is 1.05. The number of piperidine rings is 1. The van der Waals surface area contributed by atoms with E-state index < -0.39 is 6.17 Å². The number of morpholine rings is 1. The van der Waals surface area contributed by atoms with E-state index in [1.54, 1.807) is 0 Å². The molecule has 0 radical (unpaired) electrons. The molecule has 3 heterocycles. The van der Waals surface area contributed by atoms with Crippen molar-refractivity contribution in [2.75, 3.05) is 26.2 Å². The van der Waals surface area contributed by atoms with Crippen molar-refractivity contribution in [2.24, 2.45) is 17.8 Å². The molecule has 4 rings (SSSR count). The number of hydroxylamine groups is 1. The highest BCUT2D eigenvalue weighted by Gasteiger charge is 2.43. The van der Waals surface area contributed by atoms with E-state index in [1.807, 2.05) is 18.7 Å². The van der Waals surface area contributed by atoms with Gasteiger partial charge < -0.3 is 9.64 Å². The van der Waals surface area contributed by atoms with Crippen molar-refractivity contribution >= 4 is 5.91 Å². The number of nitrogens with one attached hydrogen (secondary N) is 2. The fourth-order valence-electron chi connectivity index (χ4n) is 5.96. The van der Waals surface area contributed by atoms with Gasteiger partial charge in [-0.25, -0.2) is 4.39 Å². The van der Waals surface area contributed by atoms with Crippen molar-refractivity contribution in [3.63, 3.8) is 0 Å². The smallest absolute Gasteiger partial charge is 0.225 e. The molecule has 7 unspecified atom stereocenters. The summed E-state index contributed by atoms with van der Waals surface area (Å²) in [7, 11) is 0. The largest absolute Gasteiger partial charge is 0.373 e. The van der Waals surface area contributed by atoms with Crippen molar-refractivity contribution < 1.29 is 18.8 Å². The second-order valence-corrected chi connectivity index (χ2v) is 10.5. The van der Waals surface area contributed by atoms with Gasteiger partial charge >= 0.3 is 0 Å². The average Bonchev–Trinajstić information content (AvgIpc) is 3.23. The first-order valence-corrected chi connectivity index (χ1v) is 12.3. The van der Waals surface area contributed by atoms with Crippen LogP contribution >= 0.6 is 0 Å². The number of rotatable bonds is 4. The van der Waals surface area contributed by atoms with Gasteiger partial charge in [-0.2, -0.15) is 5.48 Å². The number of amides is 1. The van der Waals surface area contributed by atoms with Crippen LogP contribution in [0.25, 0.3) is 0 Å². The highest BCUT2D eigenvalue weighted by molar-refractivity contribution is 5.78. The summed E-state index contributed by atoms with van der Waals surface area (Å²) in [6.45, 7) is 11.3. The fourth-order valence-corrected chi connectivity index (χ4v) is 5.96. The van der Waals surface area contributed by atoms with Gasteiger partial charge in [-0.05, 0) is 51.9 Å². The molecular weight excluding hydrogens is 399 g/mol. The van der Waals surface area contributed by atoms with E-state index in [0.717, 1.165) is 51.9 Å². The van der Waals surface area contributed by atoms with E-state index in [0.29, 0.717) is 18.3 Å². The number of hydrogen-bond acceptors (Lipinski definition) is 6. The molecule has 0 aromatic carbocycles. The minimum absolute atomic E-state index is 0.0534. The lowest BCUT2D eigenvalue weighted by molar-refractivity contribution is -0.136. The minimum atomic E-state index is -0.776. The van der Waals surface area contributed by atoms with Crippen molar-refractivity contribution in [2.45, 2.75) is 96.6 Å². The van der Waals surface area contributed by atoms with Gasteiger partial charge in [-0.15, -0.1) is 0 Å². The van der Waals surface area contributed by atoms with E-state index >= 15 is 0 Å². The van der Waals surface area contributed by atoms with Crippen molar-refractivity contribution in [1.29, 1.82) is 0 Å². The summed E-state index contributed by atoms with van der Waals surface area (Å²) in [6, 6.07) is -0.0534. The van der Waals surface area contributed by atoms with Crippen LogP contribution in [0.2, 0.25) is 0 Å². The number of alkyl halides is 1. The number of ether oxygens (including phenoxy) is 1. The molecule has 0 bridgehead atoms. The lowest BCUT2D eigenvalue weighted by atomic mass is 9.82. The van der Waals surface area contributed by atoms with Crippen LogP contribution in [-0.2, 0) is 14.4 Å². The normalized spacial score (nSPS) is 41.1. The first-order valence-electron chi connectivity index (χ1n) is 12.3. The van der Waals surface area contributed by atoms with Gasteiger partial charge in [0.1, 0.15) is 12.4 Å². The van der Waals surface area contributed by atoms with Crippen LogP contribution in [0.3, 0.4) is 0 Å².